The molecule has 0 aromatic heterocycles. The number of ether oxygens (including phenoxy) is 2. The highest BCUT2D eigenvalue weighted by Gasteiger charge is 2.35. The van der Waals surface area contributed by atoms with Crippen LogP contribution < -0.4 is 9.47 Å². The van der Waals surface area contributed by atoms with E-state index in [2.05, 4.69) is 0 Å². The second-order valence-corrected chi connectivity index (χ2v) is 3.76. The molecule has 0 fully saturated rings. The number of rotatable bonds is 4. The minimum Gasteiger partial charge on any atom is -0.494 e. The Labute approximate surface area is 98.3 Å². The number of hydrogen-bond donors (Lipinski definition) is 0. The minimum atomic E-state index is -4.45. The third kappa shape index (κ3) is 3.84. The van der Waals surface area contributed by atoms with E-state index in [4.69, 9.17) is 9.47 Å². The molecule has 0 heterocycles. The summed E-state index contributed by atoms with van der Waals surface area (Å²) in [6, 6.07) is 3.71. The first kappa shape index (κ1) is 13.7. The Balaban J connectivity index is 3.12. The van der Waals surface area contributed by atoms with Gasteiger partial charge in [0, 0.05) is 0 Å². The third-order valence-corrected chi connectivity index (χ3v) is 1.93. The lowest BCUT2D eigenvalue weighted by Crippen LogP contribution is -2.13. The highest BCUT2D eigenvalue weighted by molar-refractivity contribution is 5.42. The van der Waals surface area contributed by atoms with Crippen LogP contribution in [0.4, 0.5) is 13.2 Å². The predicted octanol–water partition coefficient (Wildman–Crippen LogP) is 3.89. The summed E-state index contributed by atoms with van der Waals surface area (Å²) in [5, 5.41) is 0. The fourth-order valence-corrected chi connectivity index (χ4v) is 1.34. The van der Waals surface area contributed by atoms with Crippen molar-refractivity contribution in [2.75, 3.05) is 6.61 Å². The van der Waals surface area contributed by atoms with Crippen LogP contribution in [0, 0.1) is 0 Å². The van der Waals surface area contributed by atoms with Crippen molar-refractivity contribution < 1.29 is 22.6 Å². The van der Waals surface area contributed by atoms with Gasteiger partial charge in [0.1, 0.15) is 17.1 Å². The molecule has 5 heteroatoms. The lowest BCUT2D eigenvalue weighted by atomic mass is 10.2. The topological polar surface area (TPSA) is 18.5 Å². The van der Waals surface area contributed by atoms with Crippen molar-refractivity contribution in [2.24, 2.45) is 0 Å². The Bertz CT molecular complexity index is 373. The van der Waals surface area contributed by atoms with Crippen molar-refractivity contribution in [1.29, 1.82) is 0 Å². The number of halogens is 3. The molecule has 2 nitrogen and oxygen atoms in total. The van der Waals surface area contributed by atoms with Crippen LogP contribution in [0.5, 0.6) is 11.5 Å². The first-order valence-corrected chi connectivity index (χ1v) is 5.35. The van der Waals surface area contributed by atoms with E-state index in [0.717, 1.165) is 6.07 Å². The quantitative estimate of drug-likeness (QED) is 0.804. The summed E-state index contributed by atoms with van der Waals surface area (Å²) in [4.78, 5) is 0. The molecule has 0 spiro atoms. The van der Waals surface area contributed by atoms with E-state index in [9.17, 15) is 13.2 Å². The molecular weight excluding hydrogens is 233 g/mol. The van der Waals surface area contributed by atoms with Gasteiger partial charge in [-0.3, -0.25) is 0 Å². The summed E-state index contributed by atoms with van der Waals surface area (Å²) in [6.07, 6.45) is -4.76. The van der Waals surface area contributed by atoms with Crippen molar-refractivity contribution in [1.82, 2.24) is 0 Å². The molecule has 17 heavy (non-hydrogen) atoms. The molecule has 96 valence electrons. The molecule has 1 aromatic rings. The van der Waals surface area contributed by atoms with Gasteiger partial charge in [0.25, 0.3) is 0 Å². The van der Waals surface area contributed by atoms with Gasteiger partial charge >= 0.3 is 6.18 Å². The second kappa shape index (κ2) is 5.29. The van der Waals surface area contributed by atoms with E-state index < -0.39 is 11.7 Å². The third-order valence-electron chi connectivity index (χ3n) is 1.93. The largest absolute Gasteiger partial charge is 0.494 e. The molecule has 0 N–H and O–H groups in total. The Morgan fingerprint density at radius 2 is 1.88 bits per heavy atom. The lowest BCUT2D eigenvalue weighted by molar-refractivity contribution is -0.139. The lowest BCUT2D eigenvalue weighted by Gasteiger charge is -2.17. The SMILES string of the molecule is CCOc1ccc(OC(C)C)c(C(F)(F)F)c1. The molecule has 0 saturated carbocycles. The maximum Gasteiger partial charge on any atom is 0.420 e. The molecule has 0 aliphatic heterocycles. The van der Waals surface area contributed by atoms with E-state index in [1.807, 2.05) is 0 Å². The second-order valence-electron chi connectivity index (χ2n) is 3.76. The van der Waals surface area contributed by atoms with E-state index >= 15 is 0 Å². The highest BCUT2D eigenvalue weighted by Crippen LogP contribution is 2.38. The summed E-state index contributed by atoms with van der Waals surface area (Å²) in [7, 11) is 0. The van der Waals surface area contributed by atoms with E-state index in [1.165, 1.54) is 12.1 Å². The van der Waals surface area contributed by atoms with Crippen LogP contribution in [0.3, 0.4) is 0 Å². The Morgan fingerprint density at radius 1 is 1.24 bits per heavy atom. The molecule has 1 aromatic carbocycles. The summed E-state index contributed by atoms with van der Waals surface area (Å²) < 4.78 is 48.5. The van der Waals surface area contributed by atoms with Gasteiger partial charge in [-0.05, 0) is 39.0 Å². The molecule has 0 unspecified atom stereocenters. The van der Waals surface area contributed by atoms with E-state index in [-0.39, 0.29) is 17.6 Å². The maximum absolute atomic E-state index is 12.8. The van der Waals surface area contributed by atoms with Crippen LogP contribution in [0.1, 0.15) is 26.3 Å². The molecule has 0 atom stereocenters. The van der Waals surface area contributed by atoms with Gasteiger partial charge in [-0.1, -0.05) is 0 Å². The van der Waals surface area contributed by atoms with E-state index in [0.29, 0.717) is 6.61 Å². The molecule has 0 aliphatic rings. The zero-order chi connectivity index (χ0) is 13.1. The Hall–Kier alpha value is -1.39. The van der Waals surface area contributed by atoms with Crippen LogP contribution in [-0.4, -0.2) is 12.7 Å². The van der Waals surface area contributed by atoms with Gasteiger partial charge in [0.05, 0.1) is 12.7 Å². The van der Waals surface area contributed by atoms with Crippen molar-refractivity contribution in [3.05, 3.63) is 23.8 Å². The summed E-state index contributed by atoms with van der Waals surface area (Å²) in [6.45, 7) is 5.39. The molecule has 1 rings (SSSR count). The average molecular weight is 248 g/mol. The molecule has 0 bridgehead atoms. The summed E-state index contributed by atoms with van der Waals surface area (Å²) >= 11 is 0. The molecule has 0 aliphatic carbocycles. The van der Waals surface area contributed by atoms with Gasteiger partial charge in [0.15, 0.2) is 0 Å². The van der Waals surface area contributed by atoms with Crippen molar-refractivity contribution in [3.63, 3.8) is 0 Å². The van der Waals surface area contributed by atoms with Crippen LogP contribution in [0.2, 0.25) is 0 Å². The molecule has 0 radical (unpaired) electrons. The number of alkyl halides is 3. The van der Waals surface area contributed by atoms with Crippen molar-refractivity contribution in [2.45, 2.75) is 33.1 Å². The highest BCUT2D eigenvalue weighted by atomic mass is 19.4. The van der Waals surface area contributed by atoms with Gasteiger partial charge in [-0.25, -0.2) is 0 Å². The maximum atomic E-state index is 12.8. The summed E-state index contributed by atoms with van der Waals surface area (Å²) in [5.74, 6) is 0.0203. The van der Waals surface area contributed by atoms with Gasteiger partial charge < -0.3 is 9.47 Å². The summed E-state index contributed by atoms with van der Waals surface area (Å²) in [5.41, 5.74) is -0.808. The zero-order valence-electron chi connectivity index (χ0n) is 9.97. The Morgan fingerprint density at radius 3 is 2.35 bits per heavy atom. The normalized spacial score (nSPS) is 11.7. The van der Waals surface area contributed by atoms with Crippen LogP contribution in [-0.2, 0) is 6.18 Å². The molecule has 0 saturated heterocycles. The first-order valence-electron chi connectivity index (χ1n) is 5.35. The zero-order valence-corrected chi connectivity index (χ0v) is 9.97. The fraction of sp³-hybridized carbons (Fsp3) is 0.500. The van der Waals surface area contributed by atoms with Gasteiger partial charge in [-0.2, -0.15) is 13.2 Å². The van der Waals surface area contributed by atoms with Crippen LogP contribution >= 0.6 is 0 Å². The smallest absolute Gasteiger partial charge is 0.420 e. The number of benzene rings is 1. The fourth-order valence-electron chi connectivity index (χ4n) is 1.34. The van der Waals surface area contributed by atoms with E-state index in [1.54, 1.807) is 20.8 Å². The number of hydrogen-bond acceptors (Lipinski definition) is 2. The predicted molar refractivity (Wildman–Crippen MR) is 58.4 cm³/mol. The van der Waals surface area contributed by atoms with Gasteiger partial charge in [0.2, 0.25) is 0 Å². The van der Waals surface area contributed by atoms with Crippen LogP contribution in [0.25, 0.3) is 0 Å². The standard InChI is InChI=1S/C12H15F3O2/c1-4-16-9-5-6-11(17-8(2)3)10(7-9)12(13,14)15/h5-8H,4H2,1-3H3. The minimum absolute atomic E-state index is 0.170. The Kier molecular flexibility index (Phi) is 4.26. The monoisotopic (exact) mass is 248 g/mol. The molecular formula is C12H15F3O2. The van der Waals surface area contributed by atoms with Gasteiger partial charge in [-0.15, -0.1) is 0 Å². The van der Waals surface area contributed by atoms with Crippen molar-refractivity contribution in [3.8, 4) is 11.5 Å². The average Bonchev–Trinajstić information content (AvgIpc) is 2.18. The molecule has 0 amide bonds. The first-order chi connectivity index (χ1) is 7.84. The van der Waals surface area contributed by atoms with Crippen molar-refractivity contribution >= 4 is 0 Å². The van der Waals surface area contributed by atoms with Crippen LogP contribution in [0.15, 0.2) is 18.2 Å².